The molecule has 4 aromatic rings. The summed E-state index contributed by atoms with van der Waals surface area (Å²) in [7, 11) is 2.06. The first-order valence-electron chi connectivity index (χ1n) is 8.85. The Kier molecular flexibility index (Phi) is 4.14. The molecule has 25 heavy (non-hydrogen) atoms. The molecule has 1 N–H and O–H groups in total. The molecule has 2 aromatic heterocycles. The summed E-state index contributed by atoms with van der Waals surface area (Å²) in [6.45, 7) is 3.93. The van der Waals surface area contributed by atoms with Gasteiger partial charge in [0.1, 0.15) is 5.82 Å². The lowest BCUT2D eigenvalue weighted by Crippen LogP contribution is -2.05. The Bertz CT molecular complexity index is 1010. The predicted molar refractivity (Wildman–Crippen MR) is 103 cm³/mol. The molecule has 0 saturated heterocycles. The van der Waals surface area contributed by atoms with Crippen molar-refractivity contribution >= 4 is 27.8 Å². The molecule has 0 spiro atoms. The van der Waals surface area contributed by atoms with E-state index < -0.39 is 0 Å². The van der Waals surface area contributed by atoms with Crippen LogP contribution in [0.2, 0.25) is 0 Å². The average Bonchev–Trinajstić information content (AvgIpc) is 3.19. The van der Waals surface area contributed by atoms with Crippen molar-refractivity contribution in [1.29, 1.82) is 0 Å². The third-order valence-corrected chi connectivity index (χ3v) is 4.70. The van der Waals surface area contributed by atoms with Gasteiger partial charge in [-0.25, -0.2) is 9.97 Å². The molecule has 0 aliphatic carbocycles. The summed E-state index contributed by atoms with van der Waals surface area (Å²) in [5, 5.41) is 3.47. The minimum Gasteiger partial charge on any atom is -0.378 e. The molecule has 0 bridgehead atoms. The quantitative estimate of drug-likeness (QED) is 0.571. The number of nitrogens with zero attached hydrogens (tertiary/aromatic N) is 4. The Morgan fingerprint density at radius 2 is 1.92 bits per heavy atom. The van der Waals surface area contributed by atoms with Crippen molar-refractivity contribution in [3.05, 3.63) is 54.6 Å². The minimum absolute atomic E-state index is 0.688. The Balaban J connectivity index is 1.53. The zero-order chi connectivity index (χ0) is 17.2. The number of imidazole rings is 2. The van der Waals surface area contributed by atoms with Gasteiger partial charge in [-0.3, -0.25) is 0 Å². The molecular formula is C20H23N5. The van der Waals surface area contributed by atoms with Gasteiger partial charge in [-0.2, -0.15) is 0 Å². The van der Waals surface area contributed by atoms with E-state index in [1.807, 2.05) is 24.5 Å². The number of nitrogens with one attached hydrogen (secondary N) is 1. The smallest absolute Gasteiger partial charge is 0.128 e. The van der Waals surface area contributed by atoms with Crippen LogP contribution in [0.1, 0.15) is 25.6 Å². The van der Waals surface area contributed by atoms with Crippen LogP contribution in [0.15, 0.2) is 48.8 Å². The topological polar surface area (TPSA) is 47.7 Å². The molecule has 128 valence electrons. The van der Waals surface area contributed by atoms with Crippen molar-refractivity contribution in [2.24, 2.45) is 7.05 Å². The van der Waals surface area contributed by atoms with E-state index in [9.17, 15) is 0 Å². The van der Waals surface area contributed by atoms with Crippen molar-refractivity contribution in [2.75, 3.05) is 5.32 Å². The Hall–Kier alpha value is -2.82. The number of anilines is 1. The summed E-state index contributed by atoms with van der Waals surface area (Å²) in [4.78, 5) is 9.25. The van der Waals surface area contributed by atoms with Crippen LogP contribution in [0.4, 0.5) is 5.69 Å². The highest BCUT2D eigenvalue weighted by Gasteiger charge is 2.08. The second-order valence-electron chi connectivity index (χ2n) is 6.42. The third-order valence-electron chi connectivity index (χ3n) is 4.70. The molecule has 0 unspecified atom stereocenters. The monoisotopic (exact) mass is 333 g/mol. The van der Waals surface area contributed by atoms with Crippen molar-refractivity contribution in [3.63, 3.8) is 0 Å². The molecule has 2 heterocycles. The van der Waals surface area contributed by atoms with Crippen molar-refractivity contribution in [1.82, 2.24) is 19.1 Å². The summed E-state index contributed by atoms with van der Waals surface area (Å²) in [5.41, 5.74) is 5.49. The van der Waals surface area contributed by atoms with E-state index in [4.69, 9.17) is 4.98 Å². The van der Waals surface area contributed by atoms with Crippen LogP contribution in [0.25, 0.3) is 22.1 Å². The summed E-state index contributed by atoms with van der Waals surface area (Å²) in [6, 6.07) is 14.6. The molecule has 0 saturated carbocycles. The maximum atomic E-state index is 4.71. The number of aromatic nitrogens is 4. The number of hydrogen-bond acceptors (Lipinski definition) is 3. The molecule has 0 aliphatic rings. The molecule has 5 heteroatoms. The first-order valence-corrected chi connectivity index (χ1v) is 8.85. The summed E-state index contributed by atoms with van der Waals surface area (Å²) in [5.74, 6) is 1.02. The van der Waals surface area contributed by atoms with Crippen LogP contribution in [0.5, 0.6) is 0 Å². The molecule has 0 aliphatic heterocycles. The van der Waals surface area contributed by atoms with Gasteiger partial charge in [0.2, 0.25) is 0 Å². The molecule has 5 nitrogen and oxygen atoms in total. The Labute approximate surface area is 147 Å². The van der Waals surface area contributed by atoms with Gasteiger partial charge in [0, 0.05) is 19.3 Å². The second kappa shape index (κ2) is 6.59. The molecule has 0 fully saturated rings. The highest BCUT2D eigenvalue weighted by atomic mass is 15.1. The van der Waals surface area contributed by atoms with Gasteiger partial charge in [0.25, 0.3) is 0 Å². The fourth-order valence-corrected chi connectivity index (χ4v) is 3.22. The SMILES string of the molecule is CCCCn1cnc2cc(NCc3nc4ccccc4n3C)ccc21. The third kappa shape index (κ3) is 2.97. The molecule has 0 amide bonds. The fraction of sp³-hybridized carbons (Fsp3) is 0.300. The zero-order valence-corrected chi connectivity index (χ0v) is 14.7. The van der Waals surface area contributed by atoms with Crippen LogP contribution in [0.3, 0.4) is 0 Å². The maximum absolute atomic E-state index is 4.71. The van der Waals surface area contributed by atoms with Crippen molar-refractivity contribution in [2.45, 2.75) is 32.9 Å². The standard InChI is InChI=1S/C20H23N5/c1-3-4-11-25-14-22-17-12-15(9-10-19(17)25)21-13-20-23-16-7-5-6-8-18(16)24(20)2/h5-10,12,14,21H,3-4,11,13H2,1-2H3. The molecule has 2 aromatic carbocycles. The van der Waals surface area contributed by atoms with Gasteiger partial charge >= 0.3 is 0 Å². The number of hydrogen-bond donors (Lipinski definition) is 1. The normalized spacial score (nSPS) is 11.4. The molecule has 4 rings (SSSR count). The lowest BCUT2D eigenvalue weighted by molar-refractivity contribution is 0.646. The van der Waals surface area contributed by atoms with Gasteiger partial charge < -0.3 is 14.5 Å². The second-order valence-corrected chi connectivity index (χ2v) is 6.42. The highest BCUT2D eigenvalue weighted by Crippen LogP contribution is 2.20. The van der Waals surface area contributed by atoms with Crippen molar-refractivity contribution < 1.29 is 0 Å². The molecule has 0 radical (unpaired) electrons. The number of aryl methyl sites for hydroxylation is 2. The maximum Gasteiger partial charge on any atom is 0.128 e. The van der Waals surface area contributed by atoms with E-state index >= 15 is 0 Å². The Morgan fingerprint density at radius 3 is 2.76 bits per heavy atom. The van der Waals surface area contributed by atoms with Crippen LogP contribution in [-0.2, 0) is 20.1 Å². The van der Waals surface area contributed by atoms with E-state index in [0.717, 1.165) is 34.6 Å². The van der Waals surface area contributed by atoms with Gasteiger partial charge in [0.15, 0.2) is 0 Å². The summed E-state index contributed by atoms with van der Waals surface area (Å²) < 4.78 is 4.37. The number of unbranched alkanes of at least 4 members (excludes halogenated alkanes) is 1. The lowest BCUT2D eigenvalue weighted by Gasteiger charge is -2.07. The highest BCUT2D eigenvalue weighted by molar-refractivity contribution is 5.79. The molecular weight excluding hydrogens is 310 g/mol. The number of benzene rings is 2. The van der Waals surface area contributed by atoms with E-state index in [0.29, 0.717) is 6.54 Å². The minimum atomic E-state index is 0.688. The number of rotatable bonds is 6. The fourth-order valence-electron chi connectivity index (χ4n) is 3.22. The number of fused-ring (bicyclic) bond motifs is 2. The van der Waals surface area contributed by atoms with Gasteiger partial charge in [-0.15, -0.1) is 0 Å². The van der Waals surface area contributed by atoms with E-state index in [1.165, 1.54) is 18.4 Å². The summed E-state index contributed by atoms with van der Waals surface area (Å²) >= 11 is 0. The number of para-hydroxylation sites is 2. The molecule has 0 atom stereocenters. The van der Waals surface area contributed by atoms with E-state index in [2.05, 4.69) is 57.7 Å². The largest absolute Gasteiger partial charge is 0.378 e. The van der Waals surface area contributed by atoms with Crippen LogP contribution >= 0.6 is 0 Å². The van der Waals surface area contributed by atoms with Crippen LogP contribution in [-0.4, -0.2) is 19.1 Å². The van der Waals surface area contributed by atoms with Gasteiger partial charge in [-0.05, 0) is 36.8 Å². The first kappa shape index (κ1) is 15.7. The van der Waals surface area contributed by atoms with Crippen molar-refractivity contribution in [3.8, 4) is 0 Å². The van der Waals surface area contributed by atoms with Gasteiger partial charge in [0.05, 0.1) is 34.9 Å². The predicted octanol–water partition coefficient (Wildman–Crippen LogP) is 4.34. The van der Waals surface area contributed by atoms with E-state index in [1.54, 1.807) is 0 Å². The Morgan fingerprint density at radius 1 is 1.04 bits per heavy atom. The lowest BCUT2D eigenvalue weighted by atomic mass is 10.2. The zero-order valence-electron chi connectivity index (χ0n) is 14.7. The van der Waals surface area contributed by atoms with Gasteiger partial charge in [-0.1, -0.05) is 25.5 Å². The first-order chi connectivity index (χ1) is 12.3. The average molecular weight is 333 g/mol. The van der Waals surface area contributed by atoms with E-state index in [-0.39, 0.29) is 0 Å². The summed E-state index contributed by atoms with van der Waals surface area (Å²) in [6.07, 6.45) is 4.31. The van der Waals surface area contributed by atoms with Crippen LogP contribution < -0.4 is 5.32 Å². The van der Waals surface area contributed by atoms with Crippen LogP contribution in [0, 0.1) is 0 Å².